The second-order valence-corrected chi connectivity index (χ2v) is 11.5. The molecule has 3 heterocycles. The number of nitrogens with one attached hydrogen (secondary N) is 2. The normalized spacial score (nSPS) is 14.4. The summed E-state index contributed by atoms with van der Waals surface area (Å²) in [5, 5.41) is 9.66. The van der Waals surface area contributed by atoms with Gasteiger partial charge in [0.15, 0.2) is 5.69 Å². The Labute approximate surface area is 241 Å². The molecule has 2 N–H and O–H groups in total. The number of carbonyl (C=O) groups is 2. The van der Waals surface area contributed by atoms with Gasteiger partial charge in [0.05, 0.1) is 32.1 Å². The molecule has 0 unspecified atom stereocenters. The zero-order chi connectivity index (χ0) is 29.6. The first-order valence-electron chi connectivity index (χ1n) is 13.6. The van der Waals surface area contributed by atoms with Crippen LogP contribution in [0.3, 0.4) is 0 Å². The van der Waals surface area contributed by atoms with Crippen LogP contribution in [-0.4, -0.2) is 57.3 Å². The molecule has 0 spiro atoms. The van der Waals surface area contributed by atoms with Gasteiger partial charge in [-0.3, -0.25) is 9.59 Å². The molecule has 3 aromatic carbocycles. The standard InChI is InChI=1S/C32H31N5O5/c1-31(2,3)42-30(40)36-18-32(19-36,23-11-13-24(41-4)14-12-23)34-28(38)25-16-27-29(39)33-26(17-37(27)35-25)22-10-9-20-7-5-6-8-21(20)15-22/h5-17H,18-19H2,1-4H3,(H,33,39)(H,34,38). The zero-order valence-corrected chi connectivity index (χ0v) is 23.8. The van der Waals surface area contributed by atoms with E-state index >= 15 is 0 Å². The molecule has 0 radical (unpaired) electrons. The molecule has 0 saturated carbocycles. The van der Waals surface area contributed by atoms with Crippen LogP contribution in [0.2, 0.25) is 0 Å². The van der Waals surface area contributed by atoms with Gasteiger partial charge in [0.1, 0.15) is 22.4 Å². The monoisotopic (exact) mass is 565 g/mol. The molecule has 1 aliphatic rings. The molecule has 0 atom stereocenters. The van der Waals surface area contributed by atoms with Gasteiger partial charge >= 0.3 is 6.09 Å². The number of aromatic amines is 1. The number of rotatable bonds is 5. The lowest BCUT2D eigenvalue weighted by molar-refractivity contribution is -0.0169. The highest BCUT2D eigenvalue weighted by Gasteiger charge is 2.49. The van der Waals surface area contributed by atoms with E-state index in [4.69, 9.17) is 9.47 Å². The van der Waals surface area contributed by atoms with Crippen molar-refractivity contribution in [2.75, 3.05) is 20.2 Å². The second kappa shape index (κ2) is 10.1. The Kier molecular flexibility index (Phi) is 6.48. The van der Waals surface area contributed by atoms with Crippen molar-refractivity contribution < 1.29 is 19.1 Å². The SMILES string of the molecule is COc1ccc(C2(NC(=O)c3cc4c(=O)[nH]c(-c5ccc6ccccc6c5)cn4n3)CN(C(=O)OC(C)(C)C)C2)cc1. The summed E-state index contributed by atoms with van der Waals surface area (Å²) in [5.74, 6) is 0.204. The minimum atomic E-state index is -0.876. The van der Waals surface area contributed by atoms with Crippen LogP contribution in [0.4, 0.5) is 4.79 Å². The summed E-state index contributed by atoms with van der Waals surface area (Å²) in [7, 11) is 1.58. The number of nitrogens with zero attached hydrogens (tertiary/aromatic N) is 3. The first-order chi connectivity index (χ1) is 20.0. The fourth-order valence-electron chi connectivity index (χ4n) is 5.20. The molecule has 2 aromatic heterocycles. The van der Waals surface area contributed by atoms with Crippen molar-refractivity contribution in [1.29, 1.82) is 0 Å². The van der Waals surface area contributed by atoms with Crippen LogP contribution in [0.25, 0.3) is 27.5 Å². The highest BCUT2D eigenvalue weighted by Crippen LogP contribution is 2.34. The maximum Gasteiger partial charge on any atom is 0.410 e. The molecule has 6 rings (SSSR count). The van der Waals surface area contributed by atoms with Gasteiger partial charge in [0, 0.05) is 11.6 Å². The Hall–Kier alpha value is -5.12. The average molecular weight is 566 g/mol. The first-order valence-corrected chi connectivity index (χ1v) is 13.6. The quantitative estimate of drug-likeness (QED) is 0.318. The van der Waals surface area contributed by atoms with Gasteiger partial charge in [-0.05, 0) is 55.3 Å². The molecule has 42 heavy (non-hydrogen) atoms. The van der Waals surface area contributed by atoms with E-state index in [1.807, 2.05) is 54.6 Å². The number of hydrogen-bond acceptors (Lipinski definition) is 6. The summed E-state index contributed by atoms with van der Waals surface area (Å²) in [5.41, 5.74) is 0.645. The zero-order valence-electron chi connectivity index (χ0n) is 23.8. The maximum absolute atomic E-state index is 13.6. The van der Waals surface area contributed by atoms with Crippen molar-refractivity contribution in [1.82, 2.24) is 24.8 Å². The van der Waals surface area contributed by atoms with Gasteiger partial charge in [0.25, 0.3) is 11.5 Å². The minimum absolute atomic E-state index is 0.0831. The molecule has 10 nitrogen and oxygen atoms in total. The van der Waals surface area contributed by atoms with Crippen molar-refractivity contribution in [2.24, 2.45) is 0 Å². The summed E-state index contributed by atoms with van der Waals surface area (Å²) in [6.45, 7) is 5.83. The van der Waals surface area contributed by atoms with E-state index in [-0.39, 0.29) is 29.9 Å². The largest absolute Gasteiger partial charge is 0.497 e. The Balaban J connectivity index is 1.29. The number of likely N-dealkylation sites (tertiary alicyclic amines) is 1. The molecule has 0 aliphatic carbocycles. The first kappa shape index (κ1) is 27.1. The van der Waals surface area contributed by atoms with E-state index in [1.54, 1.807) is 51.1 Å². The van der Waals surface area contributed by atoms with Crippen molar-refractivity contribution in [3.8, 4) is 17.0 Å². The van der Waals surface area contributed by atoms with Gasteiger partial charge in [-0.2, -0.15) is 5.10 Å². The fraction of sp³-hybridized carbons (Fsp3) is 0.250. The Morgan fingerprint density at radius 1 is 0.976 bits per heavy atom. The predicted molar refractivity (Wildman–Crippen MR) is 159 cm³/mol. The number of fused-ring (bicyclic) bond motifs is 2. The molecule has 2 amide bonds. The molecule has 5 aromatic rings. The molecule has 10 heteroatoms. The molecular weight excluding hydrogens is 534 g/mol. The van der Waals surface area contributed by atoms with E-state index in [0.29, 0.717) is 11.4 Å². The Morgan fingerprint density at radius 3 is 2.38 bits per heavy atom. The lowest BCUT2D eigenvalue weighted by Crippen LogP contribution is -2.69. The molecule has 0 bridgehead atoms. The number of carbonyl (C=O) groups excluding carboxylic acids is 2. The van der Waals surface area contributed by atoms with Crippen molar-refractivity contribution in [3.05, 3.63) is 101 Å². The fourth-order valence-corrected chi connectivity index (χ4v) is 5.20. The van der Waals surface area contributed by atoms with Crippen LogP contribution in [-0.2, 0) is 10.3 Å². The molecule has 214 valence electrons. The smallest absolute Gasteiger partial charge is 0.410 e. The van der Waals surface area contributed by atoms with Crippen LogP contribution in [0.1, 0.15) is 36.8 Å². The average Bonchev–Trinajstić information content (AvgIpc) is 3.39. The molecule has 1 saturated heterocycles. The van der Waals surface area contributed by atoms with Crippen molar-refractivity contribution in [3.63, 3.8) is 0 Å². The third-order valence-electron chi connectivity index (χ3n) is 7.33. The second-order valence-electron chi connectivity index (χ2n) is 11.5. The number of benzene rings is 3. The number of hydrogen-bond donors (Lipinski definition) is 2. The summed E-state index contributed by atoms with van der Waals surface area (Å²) >= 11 is 0. The van der Waals surface area contributed by atoms with Gasteiger partial charge in [-0.25, -0.2) is 9.31 Å². The summed E-state index contributed by atoms with van der Waals surface area (Å²) in [6, 6.07) is 22.7. The van der Waals surface area contributed by atoms with Crippen molar-refractivity contribution >= 4 is 28.3 Å². The Morgan fingerprint density at radius 2 is 1.69 bits per heavy atom. The lowest BCUT2D eigenvalue weighted by Gasteiger charge is -2.50. The highest BCUT2D eigenvalue weighted by molar-refractivity contribution is 5.94. The van der Waals surface area contributed by atoms with E-state index < -0.39 is 23.1 Å². The van der Waals surface area contributed by atoms with Gasteiger partial charge in [-0.1, -0.05) is 48.5 Å². The van der Waals surface area contributed by atoms with Crippen LogP contribution >= 0.6 is 0 Å². The van der Waals surface area contributed by atoms with E-state index in [0.717, 1.165) is 21.9 Å². The summed E-state index contributed by atoms with van der Waals surface area (Å²) in [6.07, 6.45) is 1.24. The summed E-state index contributed by atoms with van der Waals surface area (Å²) < 4.78 is 12.2. The molecule has 1 aliphatic heterocycles. The van der Waals surface area contributed by atoms with Crippen LogP contribution in [0.5, 0.6) is 5.75 Å². The third-order valence-corrected chi connectivity index (χ3v) is 7.33. The topological polar surface area (TPSA) is 118 Å². The number of aromatic nitrogens is 3. The van der Waals surface area contributed by atoms with Crippen LogP contribution in [0.15, 0.2) is 83.8 Å². The highest BCUT2D eigenvalue weighted by atomic mass is 16.6. The third kappa shape index (κ3) is 5.07. The predicted octanol–water partition coefficient (Wildman–Crippen LogP) is 4.73. The van der Waals surface area contributed by atoms with Gasteiger partial charge < -0.3 is 24.7 Å². The number of amides is 2. The van der Waals surface area contributed by atoms with Crippen molar-refractivity contribution in [2.45, 2.75) is 31.9 Å². The molecular formula is C32H31N5O5. The lowest BCUT2D eigenvalue weighted by atomic mass is 9.82. The van der Waals surface area contributed by atoms with Gasteiger partial charge in [-0.15, -0.1) is 0 Å². The van der Waals surface area contributed by atoms with Crippen LogP contribution in [0, 0.1) is 0 Å². The Bertz CT molecular complexity index is 1880. The number of ether oxygens (including phenoxy) is 2. The molecule has 1 fully saturated rings. The van der Waals surface area contributed by atoms with E-state index in [1.165, 1.54) is 10.6 Å². The number of methoxy groups -OCH3 is 1. The van der Waals surface area contributed by atoms with E-state index in [2.05, 4.69) is 15.4 Å². The van der Waals surface area contributed by atoms with E-state index in [9.17, 15) is 14.4 Å². The van der Waals surface area contributed by atoms with Gasteiger partial charge in [0.2, 0.25) is 0 Å². The summed E-state index contributed by atoms with van der Waals surface area (Å²) in [4.78, 5) is 43.8. The minimum Gasteiger partial charge on any atom is -0.497 e. The maximum atomic E-state index is 13.6. The van der Waals surface area contributed by atoms with Crippen LogP contribution < -0.4 is 15.6 Å². The number of H-pyrrole nitrogens is 1.